The van der Waals surface area contributed by atoms with Crippen molar-refractivity contribution in [2.45, 2.75) is 20.4 Å². The molecule has 212 valence electrons. The molecule has 1 aliphatic heterocycles. The molecule has 0 radical (unpaired) electrons. The van der Waals surface area contributed by atoms with Gasteiger partial charge in [-0.1, -0.05) is 42.5 Å². The molecule has 7 rings (SSSR count). The summed E-state index contributed by atoms with van der Waals surface area (Å²) in [5.41, 5.74) is 7.99. The number of aromatic carboxylic acids is 1. The van der Waals surface area contributed by atoms with E-state index in [2.05, 4.69) is 20.4 Å². The normalized spacial score (nSPS) is 12.6. The topological polar surface area (TPSA) is 129 Å². The van der Waals surface area contributed by atoms with Crippen molar-refractivity contribution in [1.29, 1.82) is 0 Å². The maximum absolute atomic E-state index is 13.8. The number of H-pyrrole nitrogens is 1. The molecule has 0 fully saturated rings. The van der Waals surface area contributed by atoms with Gasteiger partial charge in [-0.25, -0.2) is 14.8 Å². The van der Waals surface area contributed by atoms with Crippen LogP contribution in [0.5, 0.6) is 0 Å². The van der Waals surface area contributed by atoms with Gasteiger partial charge in [0.1, 0.15) is 0 Å². The molecule has 6 aromatic rings. The van der Waals surface area contributed by atoms with E-state index in [1.54, 1.807) is 46.1 Å². The summed E-state index contributed by atoms with van der Waals surface area (Å²) in [6.45, 7) is 4.25. The number of anilines is 3. The number of carboxylic acid groups (broad SMARTS) is 1. The zero-order valence-corrected chi connectivity index (χ0v) is 23.7. The summed E-state index contributed by atoms with van der Waals surface area (Å²) in [6, 6.07) is 20.1. The maximum atomic E-state index is 13.8. The number of hydrogen-bond donors (Lipinski definition) is 3. The molecule has 10 nitrogen and oxygen atoms in total. The number of aryl methyl sites for hydroxylation is 3. The molecule has 43 heavy (non-hydrogen) atoms. The second kappa shape index (κ2) is 9.95. The molecule has 4 heterocycles. The summed E-state index contributed by atoms with van der Waals surface area (Å²) >= 11 is 0. The van der Waals surface area contributed by atoms with Crippen molar-refractivity contribution in [1.82, 2.24) is 24.7 Å². The van der Waals surface area contributed by atoms with E-state index >= 15 is 0 Å². The van der Waals surface area contributed by atoms with Crippen LogP contribution in [-0.2, 0) is 13.6 Å². The molecule has 1 aliphatic rings. The minimum absolute atomic E-state index is 0.135. The average molecular weight is 570 g/mol. The monoisotopic (exact) mass is 569 g/mol. The molecule has 1 amide bonds. The summed E-state index contributed by atoms with van der Waals surface area (Å²) in [5, 5.41) is 18.3. The number of nitrogens with one attached hydrogen (secondary N) is 2. The number of para-hydroxylation sites is 1. The smallest absolute Gasteiger partial charge is 0.336 e. The number of aromatic amines is 1. The van der Waals surface area contributed by atoms with E-state index in [0.717, 1.165) is 50.2 Å². The van der Waals surface area contributed by atoms with E-state index in [9.17, 15) is 14.7 Å². The summed E-state index contributed by atoms with van der Waals surface area (Å²) in [5.74, 6) is -0.0488. The number of fused-ring (bicyclic) bond motifs is 2. The van der Waals surface area contributed by atoms with Gasteiger partial charge in [0, 0.05) is 47.7 Å². The number of nitrogens with zero attached hydrogens (tertiary/aromatic N) is 5. The van der Waals surface area contributed by atoms with Crippen molar-refractivity contribution < 1.29 is 14.7 Å². The second-order valence-corrected chi connectivity index (χ2v) is 10.6. The second-order valence-electron chi connectivity index (χ2n) is 10.6. The van der Waals surface area contributed by atoms with Crippen molar-refractivity contribution in [2.75, 3.05) is 10.2 Å². The van der Waals surface area contributed by atoms with E-state index in [0.29, 0.717) is 29.4 Å². The summed E-state index contributed by atoms with van der Waals surface area (Å²) in [6.07, 6.45) is 3.68. The molecule has 0 aliphatic carbocycles. The van der Waals surface area contributed by atoms with E-state index < -0.39 is 5.97 Å². The standard InChI is InChI=1S/C33H27N7O3/c1-18-15-35-33(36-28-14-19(2)39(3)38-28)37-29(18)25-16-34-30-22(25)11-7-13-27(30)40-17-26-21(10-6-12-23(26)31(40)41)20-8-4-5-9-24(20)32(42)43/h4-16,34H,17H2,1-3H3,(H,42,43)(H,35,36,37,38). The number of amides is 1. The highest BCUT2D eigenvalue weighted by Gasteiger charge is 2.32. The fraction of sp³-hybridized carbons (Fsp3) is 0.121. The highest BCUT2D eigenvalue weighted by atomic mass is 16.4. The first-order valence-electron chi connectivity index (χ1n) is 13.8. The van der Waals surface area contributed by atoms with E-state index in [-0.39, 0.29) is 11.5 Å². The van der Waals surface area contributed by atoms with Gasteiger partial charge in [0.15, 0.2) is 5.82 Å². The number of carboxylic acids is 1. The van der Waals surface area contributed by atoms with Gasteiger partial charge in [0.05, 0.1) is 29.0 Å². The van der Waals surface area contributed by atoms with Gasteiger partial charge in [-0.15, -0.1) is 0 Å². The molecule has 0 saturated heterocycles. The van der Waals surface area contributed by atoms with Crippen LogP contribution in [0.1, 0.15) is 37.5 Å². The van der Waals surface area contributed by atoms with Crippen LogP contribution >= 0.6 is 0 Å². The first kappa shape index (κ1) is 26.1. The third kappa shape index (κ3) is 4.31. The van der Waals surface area contributed by atoms with Gasteiger partial charge in [-0.2, -0.15) is 5.10 Å². The van der Waals surface area contributed by atoms with Crippen LogP contribution in [-0.4, -0.2) is 41.7 Å². The quantitative estimate of drug-likeness (QED) is 0.216. The Morgan fingerprint density at radius 2 is 1.74 bits per heavy atom. The molecule has 0 spiro atoms. The van der Waals surface area contributed by atoms with Gasteiger partial charge in [-0.3, -0.25) is 9.48 Å². The Morgan fingerprint density at radius 1 is 0.977 bits per heavy atom. The van der Waals surface area contributed by atoms with Crippen molar-refractivity contribution >= 4 is 40.2 Å². The Morgan fingerprint density at radius 3 is 2.53 bits per heavy atom. The van der Waals surface area contributed by atoms with Crippen LogP contribution in [0.3, 0.4) is 0 Å². The highest BCUT2D eigenvalue weighted by molar-refractivity contribution is 6.15. The largest absolute Gasteiger partial charge is 0.478 e. The zero-order chi connectivity index (χ0) is 29.8. The molecule has 0 saturated carbocycles. The molecular formula is C33H27N7O3. The fourth-order valence-electron chi connectivity index (χ4n) is 5.75. The maximum Gasteiger partial charge on any atom is 0.336 e. The minimum atomic E-state index is -1.01. The van der Waals surface area contributed by atoms with E-state index in [1.807, 2.05) is 63.5 Å². The molecule has 0 unspecified atom stereocenters. The van der Waals surface area contributed by atoms with Crippen LogP contribution in [0.4, 0.5) is 17.5 Å². The van der Waals surface area contributed by atoms with Crippen molar-refractivity contribution in [2.24, 2.45) is 7.05 Å². The van der Waals surface area contributed by atoms with Gasteiger partial charge in [0.25, 0.3) is 5.91 Å². The Labute approximate surface area is 246 Å². The number of hydrogen-bond acceptors (Lipinski definition) is 6. The Balaban J connectivity index is 1.27. The molecular weight excluding hydrogens is 542 g/mol. The zero-order valence-electron chi connectivity index (χ0n) is 23.7. The molecule has 0 bridgehead atoms. The lowest BCUT2D eigenvalue weighted by Crippen LogP contribution is -2.23. The lowest BCUT2D eigenvalue weighted by molar-refractivity contribution is 0.0697. The van der Waals surface area contributed by atoms with Gasteiger partial charge >= 0.3 is 5.97 Å². The third-order valence-electron chi connectivity index (χ3n) is 7.98. The summed E-state index contributed by atoms with van der Waals surface area (Å²) in [4.78, 5) is 40.1. The molecule has 3 aromatic carbocycles. The van der Waals surface area contributed by atoms with E-state index in [1.165, 1.54) is 0 Å². The van der Waals surface area contributed by atoms with Crippen LogP contribution in [0.25, 0.3) is 33.3 Å². The predicted molar refractivity (Wildman–Crippen MR) is 165 cm³/mol. The number of aromatic nitrogens is 5. The number of benzene rings is 3. The molecule has 0 atom stereocenters. The molecule has 10 heteroatoms. The predicted octanol–water partition coefficient (Wildman–Crippen LogP) is 6.24. The Kier molecular flexibility index (Phi) is 6.05. The van der Waals surface area contributed by atoms with Crippen molar-refractivity contribution in [3.05, 3.63) is 107 Å². The number of carbonyl (C=O) groups is 2. The van der Waals surface area contributed by atoms with Crippen LogP contribution in [0, 0.1) is 13.8 Å². The fourth-order valence-corrected chi connectivity index (χ4v) is 5.75. The Bertz CT molecular complexity index is 2070. The first-order valence-corrected chi connectivity index (χ1v) is 13.8. The highest BCUT2D eigenvalue weighted by Crippen LogP contribution is 2.40. The van der Waals surface area contributed by atoms with Crippen LogP contribution < -0.4 is 10.2 Å². The number of carbonyl (C=O) groups excluding carboxylic acids is 1. The SMILES string of the molecule is Cc1cnc(Nc2cc(C)n(C)n2)nc1-c1c[nH]c2c(N3Cc4c(cccc4-c4ccccc4C(=O)O)C3=O)cccc12. The molecule has 3 aromatic heterocycles. The summed E-state index contributed by atoms with van der Waals surface area (Å²) in [7, 11) is 1.88. The lowest BCUT2D eigenvalue weighted by Gasteiger charge is -2.17. The van der Waals surface area contributed by atoms with Gasteiger partial charge < -0.3 is 20.3 Å². The van der Waals surface area contributed by atoms with Gasteiger partial charge in [-0.05, 0) is 54.3 Å². The van der Waals surface area contributed by atoms with Crippen molar-refractivity contribution in [3.63, 3.8) is 0 Å². The minimum Gasteiger partial charge on any atom is -0.478 e. The van der Waals surface area contributed by atoms with Crippen LogP contribution in [0.2, 0.25) is 0 Å². The van der Waals surface area contributed by atoms with Crippen LogP contribution in [0.15, 0.2) is 79.1 Å². The summed E-state index contributed by atoms with van der Waals surface area (Å²) < 4.78 is 1.78. The third-order valence-corrected chi connectivity index (χ3v) is 7.98. The Hall–Kier alpha value is -5.77. The van der Waals surface area contributed by atoms with Gasteiger partial charge in [0.2, 0.25) is 5.95 Å². The first-order chi connectivity index (χ1) is 20.8. The molecule has 3 N–H and O–H groups in total. The van der Waals surface area contributed by atoms with Crippen molar-refractivity contribution in [3.8, 4) is 22.4 Å². The number of rotatable bonds is 6. The average Bonchev–Trinajstić information content (AvgIpc) is 3.68. The van der Waals surface area contributed by atoms with E-state index in [4.69, 9.17) is 4.98 Å². The lowest BCUT2D eigenvalue weighted by atomic mass is 9.93.